The Morgan fingerprint density at radius 1 is 1.20 bits per heavy atom. The van der Waals surface area contributed by atoms with Gasteiger partial charge in [-0.3, -0.25) is 4.79 Å². The number of rotatable bonds is 2. The van der Waals surface area contributed by atoms with Crippen molar-refractivity contribution >= 4 is 5.78 Å². The van der Waals surface area contributed by atoms with Crippen molar-refractivity contribution < 1.29 is 4.79 Å². The molecule has 0 spiro atoms. The third kappa shape index (κ3) is 1.70. The Hall–Kier alpha value is -1.15. The first-order chi connectivity index (χ1) is 7.29. The number of Topliss-reactive ketones (excluding diaryl/α,β-unsaturated/α-hetero) is 1. The van der Waals surface area contributed by atoms with Gasteiger partial charge in [-0.2, -0.15) is 0 Å². The molecular weight excluding hydrogens is 186 g/mol. The summed E-state index contributed by atoms with van der Waals surface area (Å²) in [6, 6.07) is 9.98. The maximum absolute atomic E-state index is 12.1. The van der Waals surface area contributed by atoms with Crippen LogP contribution in [0.1, 0.15) is 31.2 Å². The molecule has 1 saturated carbocycles. The molecule has 2 heteroatoms. The molecule has 1 aliphatic carbocycles. The van der Waals surface area contributed by atoms with E-state index in [9.17, 15) is 4.79 Å². The molecule has 2 N–H and O–H groups in total. The molecule has 15 heavy (non-hydrogen) atoms. The van der Waals surface area contributed by atoms with Crippen molar-refractivity contribution in [2.75, 3.05) is 6.54 Å². The fraction of sp³-hybridized carbons (Fsp3) is 0.462. The highest BCUT2D eigenvalue weighted by molar-refractivity contribution is 5.91. The van der Waals surface area contributed by atoms with Crippen molar-refractivity contribution in [3.63, 3.8) is 0 Å². The molecule has 0 bridgehead atoms. The number of ketones is 1. The summed E-state index contributed by atoms with van der Waals surface area (Å²) in [5, 5.41) is 0. The lowest BCUT2D eigenvalue weighted by Crippen LogP contribution is -2.44. The molecule has 0 amide bonds. The van der Waals surface area contributed by atoms with Crippen molar-refractivity contribution in [1.82, 2.24) is 0 Å². The number of carbonyl (C=O) groups excluding carboxylic acids is 1. The first-order valence-corrected chi connectivity index (χ1v) is 5.58. The van der Waals surface area contributed by atoms with E-state index in [1.165, 1.54) is 0 Å². The number of hydrogen-bond acceptors (Lipinski definition) is 2. The van der Waals surface area contributed by atoms with E-state index in [0.29, 0.717) is 18.7 Å². The first-order valence-electron chi connectivity index (χ1n) is 5.58. The van der Waals surface area contributed by atoms with E-state index in [0.717, 1.165) is 24.8 Å². The van der Waals surface area contributed by atoms with E-state index < -0.39 is 0 Å². The van der Waals surface area contributed by atoms with Gasteiger partial charge in [0, 0.05) is 13.0 Å². The summed E-state index contributed by atoms with van der Waals surface area (Å²) < 4.78 is 0. The maximum atomic E-state index is 12.1. The molecule has 0 aliphatic heterocycles. The highest BCUT2D eigenvalue weighted by Crippen LogP contribution is 2.35. The molecule has 80 valence electrons. The van der Waals surface area contributed by atoms with Gasteiger partial charge in [-0.05, 0) is 18.4 Å². The van der Waals surface area contributed by atoms with E-state index in [2.05, 4.69) is 0 Å². The Labute approximate surface area is 90.5 Å². The lowest BCUT2D eigenvalue weighted by atomic mass is 9.68. The molecule has 1 unspecified atom stereocenters. The second-order valence-electron chi connectivity index (χ2n) is 4.28. The zero-order chi connectivity index (χ0) is 10.7. The molecule has 2 rings (SSSR count). The van der Waals surface area contributed by atoms with E-state index >= 15 is 0 Å². The van der Waals surface area contributed by atoms with Gasteiger partial charge in [0.15, 0.2) is 0 Å². The Morgan fingerprint density at radius 3 is 2.53 bits per heavy atom. The second-order valence-corrected chi connectivity index (χ2v) is 4.28. The normalized spacial score (nSPS) is 26.6. The Morgan fingerprint density at radius 2 is 1.93 bits per heavy atom. The minimum Gasteiger partial charge on any atom is -0.329 e. The minimum atomic E-state index is -0.389. The summed E-state index contributed by atoms with van der Waals surface area (Å²) in [6.07, 6.45) is 3.73. The van der Waals surface area contributed by atoms with Crippen LogP contribution in [0.5, 0.6) is 0 Å². The van der Waals surface area contributed by atoms with E-state index in [1.54, 1.807) is 0 Å². The molecule has 1 aromatic rings. The van der Waals surface area contributed by atoms with Crippen LogP contribution >= 0.6 is 0 Å². The summed E-state index contributed by atoms with van der Waals surface area (Å²) in [4.78, 5) is 12.1. The zero-order valence-electron chi connectivity index (χ0n) is 8.91. The molecule has 0 aromatic heterocycles. The number of benzene rings is 1. The van der Waals surface area contributed by atoms with Crippen molar-refractivity contribution in [1.29, 1.82) is 0 Å². The SMILES string of the molecule is NCC1(c2ccccc2)CCCCC1=O. The second kappa shape index (κ2) is 4.15. The summed E-state index contributed by atoms with van der Waals surface area (Å²) in [6.45, 7) is 0.440. The standard InChI is InChI=1S/C13H17NO/c14-10-13(9-5-4-8-12(13)15)11-6-2-1-3-7-11/h1-3,6-7H,4-5,8-10,14H2. The van der Waals surface area contributed by atoms with E-state index in [1.807, 2.05) is 30.3 Å². The van der Waals surface area contributed by atoms with E-state index in [4.69, 9.17) is 5.73 Å². The fourth-order valence-electron chi connectivity index (χ4n) is 2.49. The maximum Gasteiger partial charge on any atom is 0.144 e. The Kier molecular flexibility index (Phi) is 2.87. The number of hydrogen-bond donors (Lipinski definition) is 1. The average molecular weight is 203 g/mol. The summed E-state index contributed by atoms with van der Waals surface area (Å²) in [7, 11) is 0. The largest absolute Gasteiger partial charge is 0.329 e. The molecule has 2 nitrogen and oxygen atoms in total. The molecular formula is C13H17NO. The monoisotopic (exact) mass is 203 g/mol. The van der Waals surface area contributed by atoms with Crippen molar-refractivity contribution in [3.8, 4) is 0 Å². The molecule has 1 fully saturated rings. The van der Waals surface area contributed by atoms with Crippen molar-refractivity contribution in [2.45, 2.75) is 31.1 Å². The molecule has 1 aliphatic rings. The van der Waals surface area contributed by atoms with Crippen LogP contribution in [-0.4, -0.2) is 12.3 Å². The van der Waals surface area contributed by atoms with Crippen LogP contribution < -0.4 is 5.73 Å². The van der Waals surface area contributed by atoms with Gasteiger partial charge in [0.25, 0.3) is 0 Å². The lowest BCUT2D eigenvalue weighted by molar-refractivity contribution is -0.126. The number of nitrogens with two attached hydrogens (primary N) is 1. The smallest absolute Gasteiger partial charge is 0.144 e. The Bertz CT molecular complexity index is 347. The van der Waals surface area contributed by atoms with Gasteiger partial charge in [-0.15, -0.1) is 0 Å². The lowest BCUT2D eigenvalue weighted by Gasteiger charge is -2.35. The van der Waals surface area contributed by atoms with Gasteiger partial charge in [0.05, 0.1) is 5.41 Å². The third-order valence-corrected chi connectivity index (χ3v) is 3.47. The minimum absolute atomic E-state index is 0.322. The third-order valence-electron chi connectivity index (χ3n) is 3.47. The van der Waals surface area contributed by atoms with Crippen LogP contribution in [0.15, 0.2) is 30.3 Å². The molecule has 0 saturated heterocycles. The van der Waals surface area contributed by atoms with Gasteiger partial charge in [0.2, 0.25) is 0 Å². The quantitative estimate of drug-likeness (QED) is 0.799. The highest BCUT2D eigenvalue weighted by atomic mass is 16.1. The number of carbonyl (C=O) groups is 1. The van der Waals surface area contributed by atoms with Crippen LogP contribution in [0, 0.1) is 0 Å². The molecule has 0 radical (unpaired) electrons. The van der Waals surface area contributed by atoms with Crippen LogP contribution in [0.2, 0.25) is 0 Å². The van der Waals surface area contributed by atoms with Crippen LogP contribution in [-0.2, 0) is 10.2 Å². The predicted molar refractivity (Wildman–Crippen MR) is 60.6 cm³/mol. The van der Waals surface area contributed by atoms with Gasteiger partial charge >= 0.3 is 0 Å². The van der Waals surface area contributed by atoms with Crippen LogP contribution in [0.3, 0.4) is 0 Å². The van der Waals surface area contributed by atoms with Gasteiger partial charge < -0.3 is 5.73 Å². The van der Waals surface area contributed by atoms with E-state index in [-0.39, 0.29) is 5.41 Å². The van der Waals surface area contributed by atoms with Gasteiger partial charge in [-0.25, -0.2) is 0 Å². The topological polar surface area (TPSA) is 43.1 Å². The van der Waals surface area contributed by atoms with Crippen LogP contribution in [0.25, 0.3) is 0 Å². The van der Waals surface area contributed by atoms with Gasteiger partial charge in [0.1, 0.15) is 5.78 Å². The molecule has 0 heterocycles. The van der Waals surface area contributed by atoms with Crippen molar-refractivity contribution in [3.05, 3.63) is 35.9 Å². The first kappa shape index (κ1) is 10.4. The average Bonchev–Trinajstić information content (AvgIpc) is 2.31. The Balaban J connectivity index is 2.40. The van der Waals surface area contributed by atoms with Crippen LogP contribution in [0.4, 0.5) is 0 Å². The zero-order valence-corrected chi connectivity index (χ0v) is 8.91. The predicted octanol–water partition coefficient (Wildman–Crippen LogP) is 2.03. The fourth-order valence-corrected chi connectivity index (χ4v) is 2.49. The van der Waals surface area contributed by atoms with Gasteiger partial charge in [-0.1, -0.05) is 36.8 Å². The van der Waals surface area contributed by atoms with Crippen molar-refractivity contribution in [2.24, 2.45) is 5.73 Å². The highest BCUT2D eigenvalue weighted by Gasteiger charge is 2.39. The summed E-state index contributed by atoms with van der Waals surface area (Å²) in [5.74, 6) is 0.322. The summed E-state index contributed by atoms with van der Waals surface area (Å²) >= 11 is 0. The molecule has 1 atom stereocenters. The molecule has 1 aromatic carbocycles. The summed E-state index contributed by atoms with van der Waals surface area (Å²) in [5.41, 5.74) is 6.55.